The van der Waals surface area contributed by atoms with Gasteiger partial charge in [-0.2, -0.15) is 5.10 Å². The largest absolute Gasteiger partial charge is 0.352 e. The summed E-state index contributed by atoms with van der Waals surface area (Å²) in [5.74, 6) is 0.896. The first-order valence-electron chi connectivity index (χ1n) is 10.6. The number of aromatic nitrogens is 4. The van der Waals surface area contributed by atoms with E-state index >= 15 is 0 Å². The molecule has 0 unspecified atom stereocenters. The lowest BCUT2D eigenvalue weighted by atomic mass is 10.1. The molecule has 0 atom stereocenters. The quantitative estimate of drug-likeness (QED) is 0.660. The number of rotatable bonds is 6. The number of aryl methyl sites for hydroxylation is 1. The zero-order valence-corrected chi connectivity index (χ0v) is 18.4. The van der Waals surface area contributed by atoms with Gasteiger partial charge in [-0.15, -0.1) is 0 Å². The van der Waals surface area contributed by atoms with Gasteiger partial charge in [-0.05, 0) is 12.5 Å². The predicted molar refractivity (Wildman–Crippen MR) is 120 cm³/mol. The van der Waals surface area contributed by atoms with E-state index in [1.807, 2.05) is 42.2 Å². The molecular weight excluding hydrogens is 390 g/mol. The molecule has 31 heavy (non-hydrogen) atoms. The Morgan fingerprint density at radius 3 is 2.42 bits per heavy atom. The zero-order chi connectivity index (χ0) is 21.8. The standard InChI is InChI=1S/C23H29N7O/c1-17-21(15-27-28(17)3)16-29-10-12-30(13-11-29)23-22(24-8-9-25-23)20-6-4-19(5-7-20)14-26-18(2)31/h4-9,15H,10-14,16H2,1-3H3,(H,26,31). The molecule has 0 aliphatic carbocycles. The molecule has 1 aliphatic heterocycles. The van der Waals surface area contributed by atoms with Crippen LogP contribution in [0.15, 0.2) is 42.9 Å². The topological polar surface area (TPSA) is 79.2 Å². The minimum atomic E-state index is -0.0295. The maximum Gasteiger partial charge on any atom is 0.217 e. The van der Waals surface area contributed by atoms with Crippen molar-refractivity contribution in [2.75, 3.05) is 31.1 Å². The highest BCUT2D eigenvalue weighted by atomic mass is 16.1. The van der Waals surface area contributed by atoms with Crippen LogP contribution in [0.2, 0.25) is 0 Å². The van der Waals surface area contributed by atoms with Crippen LogP contribution in [0.3, 0.4) is 0 Å². The first-order valence-corrected chi connectivity index (χ1v) is 10.6. The Labute approximate surface area is 182 Å². The van der Waals surface area contributed by atoms with E-state index in [9.17, 15) is 4.79 Å². The first-order chi connectivity index (χ1) is 15.0. The lowest BCUT2D eigenvalue weighted by Crippen LogP contribution is -2.46. The highest BCUT2D eigenvalue weighted by Crippen LogP contribution is 2.28. The fourth-order valence-electron chi connectivity index (χ4n) is 3.83. The van der Waals surface area contributed by atoms with E-state index < -0.39 is 0 Å². The number of hydrogen-bond acceptors (Lipinski definition) is 6. The van der Waals surface area contributed by atoms with E-state index in [1.165, 1.54) is 18.2 Å². The molecule has 1 amide bonds. The van der Waals surface area contributed by atoms with Crippen LogP contribution in [0.1, 0.15) is 23.7 Å². The Balaban J connectivity index is 1.43. The van der Waals surface area contributed by atoms with Crippen molar-refractivity contribution in [1.29, 1.82) is 0 Å². The van der Waals surface area contributed by atoms with Gasteiger partial charge in [-0.1, -0.05) is 24.3 Å². The average molecular weight is 420 g/mol. The molecule has 2 aromatic heterocycles. The van der Waals surface area contributed by atoms with E-state index in [2.05, 4.69) is 37.1 Å². The molecule has 162 valence electrons. The van der Waals surface area contributed by atoms with Crippen LogP contribution < -0.4 is 10.2 Å². The molecule has 1 N–H and O–H groups in total. The third kappa shape index (κ3) is 4.91. The highest BCUT2D eigenvalue weighted by Gasteiger charge is 2.22. The molecular formula is C23H29N7O. The van der Waals surface area contributed by atoms with Gasteiger partial charge in [-0.25, -0.2) is 4.98 Å². The second kappa shape index (κ2) is 9.26. The van der Waals surface area contributed by atoms with Gasteiger partial charge in [0.1, 0.15) is 5.69 Å². The minimum absolute atomic E-state index is 0.0295. The van der Waals surface area contributed by atoms with Gasteiger partial charge in [0.05, 0.1) is 6.20 Å². The molecule has 1 aliphatic rings. The van der Waals surface area contributed by atoms with E-state index in [0.29, 0.717) is 6.54 Å². The van der Waals surface area contributed by atoms with Crippen molar-refractivity contribution in [1.82, 2.24) is 30.0 Å². The number of hydrogen-bond donors (Lipinski definition) is 1. The average Bonchev–Trinajstić information content (AvgIpc) is 3.11. The smallest absolute Gasteiger partial charge is 0.217 e. The lowest BCUT2D eigenvalue weighted by molar-refractivity contribution is -0.119. The lowest BCUT2D eigenvalue weighted by Gasteiger charge is -2.35. The number of piperazine rings is 1. The van der Waals surface area contributed by atoms with Gasteiger partial charge in [-0.3, -0.25) is 19.4 Å². The van der Waals surface area contributed by atoms with Crippen LogP contribution in [0.25, 0.3) is 11.3 Å². The van der Waals surface area contributed by atoms with Crippen molar-refractivity contribution in [3.63, 3.8) is 0 Å². The summed E-state index contributed by atoms with van der Waals surface area (Å²) >= 11 is 0. The number of nitrogens with zero attached hydrogens (tertiary/aromatic N) is 6. The molecule has 0 spiro atoms. The molecule has 8 heteroatoms. The SMILES string of the molecule is CC(=O)NCc1ccc(-c2nccnc2N2CCN(Cc3cnn(C)c3C)CC2)cc1. The van der Waals surface area contributed by atoms with Crippen molar-refractivity contribution in [3.8, 4) is 11.3 Å². The fourth-order valence-corrected chi connectivity index (χ4v) is 3.83. The van der Waals surface area contributed by atoms with Crippen molar-refractivity contribution < 1.29 is 4.79 Å². The summed E-state index contributed by atoms with van der Waals surface area (Å²) in [6.45, 7) is 8.86. The fraction of sp³-hybridized carbons (Fsp3) is 0.391. The summed E-state index contributed by atoms with van der Waals surface area (Å²) < 4.78 is 1.93. The van der Waals surface area contributed by atoms with Gasteiger partial charge in [0.25, 0.3) is 0 Å². The van der Waals surface area contributed by atoms with E-state index in [4.69, 9.17) is 0 Å². The van der Waals surface area contributed by atoms with E-state index in [1.54, 1.807) is 12.4 Å². The van der Waals surface area contributed by atoms with Crippen LogP contribution in [0.5, 0.6) is 0 Å². The van der Waals surface area contributed by atoms with Crippen molar-refractivity contribution in [3.05, 3.63) is 59.7 Å². The molecule has 1 fully saturated rings. The van der Waals surface area contributed by atoms with E-state index in [-0.39, 0.29) is 5.91 Å². The predicted octanol–water partition coefficient (Wildman–Crippen LogP) is 2.14. The molecule has 8 nitrogen and oxygen atoms in total. The molecule has 3 aromatic rings. The van der Waals surface area contributed by atoms with Gasteiger partial charge in [0.2, 0.25) is 5.91 Å². The number of carbonyl (C=O) groups excluding carboxylic acids is 1. The summed E-state index contributed by atoms with van der Waals surface area (Å²) in [4.78, 5) is 25.2. The van der Waals surface area contributed by atoms with E-state index in [0.717, 1.165) is 55.4 Å². The molecule has 4 rings (SSSR count). The Bertz CT molecular complexity index is 1040. The Morgan fingerprint density at radius 1 is 1.06 bits per heavy atom. The number of carbonyl (C=O) groups is 1. The Hall–Kier alpha value is -3.26. The third-order valence-corrected chi connectivity index (χ3v) is 5.85. The number of nitrogens with one attached hydrogen (secondary N) is 1. The summed E-state index contributed by atoms with van der Waals surface area (Å²) in [6, 6.07) is 8.15. The van der Waals surface area contributed by atoms with Crippen molar-refractivity contribution >= 4 is 11.7 Å². The molecule has 3 heterocycles. The summed E-state index contributed by atoms with van der Waals surface area (Å²) in [6.07, 6.45) is 5.47. The second-order valence-electron chi connectivity index (χ2n) is 7.98. The maximum absolute atomic E-state index is 11.1. The van der Waals surface area contributed by atoms with Crippen molar-refractivity contribution in [2.45, 2.75) is 26.9 Å². The normalized spacial score (nSPS) is 14.6. The number of anilines is 1. The van der Waals surface area contributed by atoms with Crippen molar-refractivity contribution in [2.24, 2.45) is 7.05 Å². The van der Waals surface area contributed by atoms with Crippen LogP contribution in [-0.4, -0.2) is 56.7 Å². The maximum atomic E-state index is 11.1. The molecule has 1 saturated heterocycles. The van der Waals surface area contributed by atoms with Crippen LogP contribution in [0.4, 0.5) is 5.82 Å². The molecule has 0 saturated carbocycles. The minimum Gasteiger partial charge on any atom is -0.352 e. The van der Waals surface area contributed by atoms with Crippen LogP contribution in [0, 0.1) is 6.92 Å². The Morgan fingerprint density at radius 2 is 1.77 bits per heavy atom. The molecule has 1 aromatic carbocycles. The number of benzene rings is 1. The first kappa shape index (κ1) is 21.0. The third-order valence-electron chi connectivity index (χ3n) is 5.85. The molecule has 0 bridgehead atoms. The zero-order valence-electron chi connectivity index (χ0n) is 18.4. The second-order valence-corrected chi connectivity index (χ2v) is 7.98. The summed E-state index contributed by atoms with van der Waals surface area (Å²) in [5.41, 5.74) is 5.49. The van der Waals surface area contributed by atoms with Gasteiger partial charge in [0.15, 0.2) is 5.82 Å². The summed E-state index contributed by atoms with van der Waals surface area (Å²) in [7, 11) is 1.98. The van der Waals surface area contributed by atoms with Gasteiger partial charge in [0, 0.05) is 82.5 Å². The molecule has 0 radical (unpaired) electrons. The van der Waals surface area contributed by atoms with Crippen LogP contribution in [-0.2, 0) is 24.9 Å². The van der Waals surface area contributed by atoms with Gasteiger partial charge >= 0.3 is 0 Å². The Kier molecular flexibility index (Phi) is 6.27. The van der Waals surface area contributed by atoms with Crippen LogP contribution >= 0.6 is 0 Å². The summed E-state index contributed by atoms with van der Waals surface area (Å²) in [5, 5.41) is 7.18. The number of amides is 1. The highest BCUT2D eigenvalue weighted by molar-refractivity contribution is 5.73. The van der Waals surface area contributed by atoms with Gasteiger partial charge < -0.3 is 10.2 Å². The monoisotopic (exact) mass is 419 g/mol.